The van der Waals surface area contributed by atoms with Gasteiger partial charge in [0.1, 0.15) is 29.5 Å². The zero-order valence-corrected chi connectivity index (χ0v) is 27.4. The van der Waals surface area contributed by atoms with Gasteiger partial charge >= 0.3 is 0 Å². The largest absolute Gasteiger partial charge is 0.464 e. The van der Waals surface area contributed by atoms with E-state index in [9.17, 15) is 20.2 Å². The van der Waals surface area contributed by atoms with E-state index in [1.54, 1.807) is 37.6 Å². The van der Waals surface area contributed by atoms with Crippen LogP contribution in [0.4, 0.5) is 0 Å². The van der Waals surface area contributed by atoms with Crippen molar-refractivity contribution < 1.29 is 18.7 Å². The summed E-state index contributed by atoms with van der Waals surface area (Å²) < 4.78 is 11.6. The molecule has 0 saturated heterocycles. The van der Waals surface area contributed by atoms with Gasteiger partial charge in [0, 0.05) is 38.7 Å². The summed E-state index contributed by atoms with van der Waals surface area (Å²) in [4.78, 5) is 26.8. The Hall–Kier alpha value is -3.34. The van der Waals surface area contributed by atoms with Gasteiger partial charge in [0.25, 0.3) is 11.4 Å². The van der Waals surface area contributed by atoms with Gasteiger partial charge in [0.15, 0.2) is 11.6 Å². The van der Waals surface area contributed by atoms with Gasteiger partial charge in [0.2, 0.25) is 0 Å². The third-order valence-electron chi connectivity index (χ3n) is 5.82. The Bertz CT molecular complexity index is 1140. The summed E-state index contributed by atoms with van der Waals surface area (Å²) in [6, 6.07) is 7.80. The highest BCUT2D eigenvalue weighted by Gasteiger charge is 2.29. The van der Waals surface area contributed by atoms with Crippen molar-refractivity contribution in [3.8, 4) is 0 Å². The van der Waals surface area contributed by atoms with Gasteiger partial charge in [-0.15, -0.1) is 0 Å². The van der Waals surface area contributed by atoms with Gasteiger partial charge in [-0.2, -0.15) is 23.5 Å². The average molecular weight is 641 g/mol. The molecule has 0 aromatic carbocycles. The molecule has 2 rings (SSSR count). The van der Waals surface area contributed by atoms with Crippen molar-refractivity contribution >= 4 is 23.5 Å². The zero-order chi connectivity index (χ0) is 31.8. The van der Waals surface area contributed by atoms with E-state index >= 15 is 0 Å². The van der Waals surface area contributed by atoms with Crippen molar-refractivity contribution in [2.75, 3.05) is 66.9 Å². The van der Waals surface area contributed by atoms with Crippen LogP contribution in [-0.2, 0) is 24.6 Å². The van der Waals surface area contributed by atoms with E-state index < -0.39 is 16.3 Å². The second-order valence-corrected chi connectivity index (χ2v) is 12.2. The maximum atomic E-state index is 12.0. The molecule has 0 amide bonds. The fourth-order valence-corrected chi connectivity index (χ4v) is 5.45. The van der Waals surface area contributed by atoms with Crippen LogP contribution in [0.1, 0.15) is 29.5 Å². The molecule has 0 spiro atoms. The standard InChI is InChI=1S/C27H44N8O6S2/c1-28-26(30-11-13-42-18-22-9-7-20(40-22)16-32(3)4)24(34(36)37)15-25(35(38)39)27(29-2)31-12-14-43-19-23-10-8-21(41-23)17-33(5)6/h7-10,28-31H,11-19H2,1-6H3/b26-24-,27-25-. The van der Waals surface area contributed by atoms with Gasteiger partial charge in [0.05, 0.1) is 34.4 Å². The molecule has 0 aliphatic carbocycles. The number of nitrogens with zero attached hydrogens (tertiary/aromatic N) is 4. The maximum absolute atomic E-state index is 12.0. The summed E-state index contributed by atoms with van der Waals surface area (Å²) in [7, 11) is 11.0. The molecule has 0 bridgehead atoms. The first-order valence-electron chi connectivity index (χ1n) is 13.7. The Morgan fingerprint density at radius 2 is 1.09 bits per heavy atom. The Labute approximate surface area is 261 Å². The third kappa shape index (κ3) is 13.2. The molecule has 4 N–H and O–H groups in total. The smallest absolute Gasteiger partial charge is 0.296 e. The molecule has 0 aliphatic heterocycles. The monoisotopic (exact) mass is 640 g/mol. The van der Waals surface area contributed by atoms with Crippen LogP contribution in [-0.4, -0.2) is 86.5 Å². The number of nitro groups is 2. The van der Waals surface area contributed by atoms with Gasteiger partial charge in [-0.3, -0.25) is 20.2 Å². The normalized spacial score (nSPS) is 12.7. The Morgan fingerprint density at radius 1 is 0.721 bits per heavy atom. The SMILES string of the molecule is CN/C(NCCSCc1ccc(CN(C)C)o1)=C(\C/C(=C(\NC)NCCSCc1ccc(CN(C)C)o1)[N+](=O)[O-])[N+](=O)[O-]. The number of hydrogen-bond acceptors (Lipinski definition) is 14. The van der Waals surface area contributed by atoms with Crippen LogP contribution in [0.2, 0.25) is 0 Å². The number of hydrogen-bond donors (Lipinski definition) is 4. The van der Waals surface area contributed by atoms with Crippen LogP contribution in [0.25, 0.3) is 0 Å². The van der Waals surface area contributed by atoms with E-state index in [2.05, 4.69) is 21.3 Å². The first kappa shape index (κ1) is 35.9. The predicted molar refractivity (Wildman–Crippen MR) is 171 cm³/mol. The lowest BCUT2D eigenvalue weighted by molar-refractivity contribution is -0.452. The molecule has 240 valence electrons. The second-order valence-electron chi connectivity index (χ2n) is 10.0. The van der Waals surface area contributed by atoms with Crippen LogP contribution in [0, 0.1) is 20.2 Å². The first-order valence-corrected chi connectivity index (χ1v) is 16.0. The molecule has 0 fully saturated rings. The highest BCUT2D eigenvalue weighted by Crippen LogP contribution is 2.19. The average Bonchev–Trinajstić information content (AvgIpc) is 3.57. The molecule has 16 heteroatoms. The number of furan rings is 2. The van der Waals surface area contributed by atoms with Crippen molar-refractivity contribution in [3.05, 3.63) is 90.6 Å². The lowest BCUT2D eigenvalue weighted by atomic mass is 10.2. The number of thioether (sulfide) groups is 2. The zero-order valence-electron chi connectivity index (χ0n) is 25.7. The Balaban J connectivity index is 1.93. The van der Waals surface area contributed by atoms with Crippen molar-refractivity contribution in [2.45, 2.75) is 31.0 Å². The van der Waals surface area contributed by atoms with Crippen molar-refractivity contribution in [1.29, 1.82) is 0 Å². The highest BCUT2D eigenvalue weighted by molar-refractivity contribution is 7.98. The maximum Gasteiger partial charge on any atom is 0.296 e. The van der Waals surface area contributed by atoms with Crippen molar-refractivity contribution in [3.63, 3.8) is 0 Å². The Kier molecular flexibility index (Phi) is 15.9. The molecule has 14 nitrogen and oxygen atoms in total. The predicted octanol–water partition coefficient (Wildman–Crippen LogP) is 3.06. The molecule has 0 unspecified atom stereocenters. The molecule has 0 saturated carbocycles. The highest BCUT2D eigenvalue weighted by atomic mass is 32.2. The van der Waals surface area contributed by atoms with Gasteiger partial charge in [-0.25, -0.2) is 0 Å². The fraction of sp³-hybridized carbons (Fsp3) is 0.556. The van der Waals surface area contributed by atoms with Crippen LogP contribution < -0.4 is 21.3 Å². The van der Waals surface area contributed by atoms with E-state index in [4.69, 9.17) is 8.83 Å². The van der Waals surface area contributed by atoms with Gasteiger partial charge in [-0.1, -0.05) is 0 Å². The van der Waals surface area contributed by atoms with E-state index in [0.717, 1.165) is 36.1 Å². The number of rotatable bonds is 22. The van der Waals surface area contributed by atoms with E-state index in [-0.39, 0.29) is 23.0 Å². The summed E-state index contributed by atoms with van der Waals surface area (Å²) in [6.45, 7) is 2.28. The molecule has 0 radical (unpaired) electrons. The third-order valence-corrected chi connectivity index (χ3v) is 7.78. The summed E-state index contributed by atoms with van der Waals surface area (Å²) >= 11 is 3.23. The lowest BCUT2D eigenvalue weighted by Crippen LogP contribution is -2.32. The molecule has 2 aromatic heterocycles. The lowest BCUT2D eigenvalue weighted by Gasteiger charge is -2.13. The second kappa shape index (κ2) is 19.0. The minimum atomic E-state index is -0.596. The van der Waals surface area contributed by atoms with E-state index in [0.29, 0.717) is 36.1 Å². The minimum absolute atomic E-state index is 0.134. The van der Waals surface area contributed by atoms with Crippen molar-refractivity contribution in [2.24, 2.45) is 0 Å². The van der Waals surface area contributed by atoms with Crippen LogP contribution in [0.15, 0.2) is 56.1 Å². The Morgan fingerprint density at radius 3 is 1.42 bits per heavy atom. The summed E-state index contributed by atoms with van der Waals surface area (Å²) in [5.41, 5.74) is -0.650. The molecular formula is C27H44N8O6S2. The molecule has 0 aliphatic rings. The summed E-state index contributed by atoms with van der Waals surface area (Å²) in [5, 5.41) is 35.6. The van der Waals surface area contributed by atoms with Crippen LogP contribution in [0.5, 0.6) is 0 Å². The van der Waals surface area contributed by atoms with Crippen LogP contribution in [0.3, 0.4) is 0 Å². The van der Waals surface area contributed by atoms with Crippen LogP contribution >= 0.6 is 23.5 Å². The number of nitrogens with one attached hydrogen (secondary N) is 4. The molecule has 0 atom stereocenters. The summed E-state index contributed by atoms with van der Waals surface area (Å²) in [5.74, 6) is 6.39. The van der Waals surface area contributed by atoms with E-state index in [1.165, 1.54) is 0 Å². The quantitative estimate of drug-likeness (QED) is 0.0842. The van der Waals surface area contributed by atoms with E-state index in [1.807, 2.05) is 62.3 Å². The molecule has 2 aromatic rings. The summed E-state index contributed by atoms with van der Waals surface area (Å²) in [6.07, 6.45) is -0.491. The minimum Gasteiger partial charge on any atom is -0.464 e. The van der Waals surface area contributed by atoms with Crippen molar-refractivity contribution in [1.82, 2.24) is 31.1 Å². The molecular weight excluding hydrogens is 596 g/mol. The molecule has 2 heterocycles. The molecule has 43 heavy (non-hydrogen) atoms. The van der Waals surface area contributed by atoms with Gasteiger partial charge < -0.3 is 39.9 Å². The first-order chi connectivity index (χ1) is 20.5. The fourth-order valence-electron chi connectivity index (χ4n) is 3.95. The van der Waals surface area contributed by atoms with Gasteiger partial charge in [-0.05, 0) is 52.5 Å². The topological polar surface area (TPSA) is 167 Å².